The average Bonchev–Trinajstić information content (AvgIpc) is 2.51. The molecule has 1 aromatic carbocycles. The molecule has 0 aromatic heterocycles. The van der Waals surface area contributed by atoms with E-state index >= 15 is 0 Å². The zero-order chi connectivity index (χ0) is 15.9. The van der Waals surface area contributed by atoms with Crippen LogP contribution in [0.25, 0.3) is 0 Å². The third-order valence-corrected chi connectivity index (χ3v) is 4.35. The highest BCUT2D eigenvalue weighted by Gasteiger charge is 2.20. The van der Waals surface area contributed by atoms with Gasteiger partial charge in [-0.25, -0.2) is 0 Å². The van der Waals surface area contributed by atoms with Crippen LogP contribution < -0.4 is 14.8 Å². The molecule has 1 atom stereocenters. The van der Waals surface area contributed by atoms with E-state index in [1.165, 1.54) is 0 Å². The predicted molar refractivity (Wildman–Crippen MR) is 90.7 cm³/mol. The van der Waals surface area contributed by atoms with E-state index in [2.05, 4.69) is 26.1 Å². The first-order chi connectivity index (χ1) is 10.7. The Balaban J connectivity index is 2.15. The minimum atomic E-state index is -0.553. The van der Waals surface area contributed by atoms with Gasteiger partial charge in [-0.1, -0.05) is 15.9 Å². The van der Waals surface area contributed by atoms with Crippen molar-refractivity contribution in [2.45, 2.75) is 20.0 Å². The summed E-state index contributed by atoms with van der Waals surface area (Å²) in [4.78, 5) is 2.27. The van der Waals surface area contributed by atoms with Crippen LogP contribution in [0.4, 0.5) is 0 Å². The van der Waals surface area contributed by atoms with Crippen molar-refractivity contribution in [1.29, 1.82) is 0 Å². The van der Waals surface area contributed by atoms with Crippen LogP contribution in [0.3, 0.4) is 0 Å². The topological polar surface area (TPSA) is 54.0 Å². The molecule has 0 saturated carbocycles. The Bertz CT molecular complexity index is 479. The van der Waals surface area contributed by atoms with Crippen molar-refractivity contribution in [3.63, 3.8) is 0 Å². The number of aliphatic hydroxyl groups is 1. The molecular weight excluding hydrogens is 348 g/mol. The second-order valence-corrected chi connectivity index (χ2v) is 6.11. The fourth-order valence-electron chi connectivity index (χ4n) is 2.58. The van der Waals surface area contributed by atoms with Crippen molar-refractivity contribution in [1.82, 2.24) is 10.2 Å². The lowest BCUT2D eigenvalue weighted by atomic mass is 10.1. The second-order valence-electron chi connectivity index (χ2n) is 5.25. The van der Waals surface area contributed by atoms with Crippen molar-refractivity contribution >= 4 is 15.9 Å². The van der Waals surface area contributed by atoms with Crippen LogP contribution in [-0.2, 0) is 0 Å². The molecule has 22 heavy (non-hydrogen) atoms. The van der Waals surface area contributed by atoms with Gasteiger partial charge in [-0.15, -0.1) is 0 Å². The highest BCUT2D eigenvalue weighted by atomic mass is 79.9. The fourth-order valence-corrected chi connectivity index (χ4v) is 3.17. The van der Waals surface area contributed by atoms with E-state index in [-0.39, 0.29) is 0 Å². The summed E-state index contributed by atoms with van der Waals surface area (Å²) in [7, 11) is 0. The maximum Gasteiger partial charge on any atom is 0.162 e. The molecule has 0 radical (unpaired) electrons. The van der Waals surface area contributed by atoms with Gasteiger partial charge in [0.05, 0.1) is 19.3 Å². The van der Waals surface area contributed by atoms with E-state index in [0.29, 0.717) is 31.3 Å². The summed E-state index contributed by atoms with van der Waals surface area (Å²) in [5.74, 6) is 1.39. The number of rotatable bonds is 7. The molecule has 1 unspecified atom stereocenters. The van der Waals surface area contributed by atoms with Gasteiger partial charge in [-0.3, -0.25) is 4.90 Å². The van der Waals surface area contributed by atoms with Crippen LogP contribution in [0.15, 0.2) is 16.6 Å². The molecule has 124 valence electrons. The number of aliphatic hydroxyl groups excluding tert-OH is 1. The van der Waals surface area contributed by atoms with E-state index in [1.807, 2.05) is 26.0 Å². The van der Waals surface area contributed by atoms with Crippen molar-refractivity contribution in [3.05, 3.63) is 22.2 Å². The Hall–Kier alpha value is -0.820. The van der Waals surface area contributed by atoms with E-state index in [0.717, 1.165) is 36.2 Å². The number of nitrogens with zero attached hydrogens (tertiary/aromatic N) is 1. The zero-order valence-corrected chi connectivity index (χ0v) is 14.9. The number of halogens is 1. The minimum absolute atomic E-state index is 0.553. The lowest BCUT2D eigenvalue weighted by Crippen LogP contribution is -2.45. The SMILES string of the molecule is CCOc1cc(Br)c(C(O)CN2CCNCC2)cc1OCC. The number of benzene rings is 1. The van der Waals surface area contributed by atoms with Crippen molar-refractivity contribution in [3.8, 4) is 11.5 Å². The van der Waals surface area contributed by atoms with Crippen molar-refractivity contribution in [2.75, 3.05) is 45.9 Å². The first kappa shape index (κ1) is 17.5. The highest BCUT2D eigenvalue weighted by Crippen LogP contribution is 2.36. The standard InChI is InChI=1S/C16H25BrN2O3/c1-3-21-15-9-12(13(17)10-16(15)22-4-2)14(20)11-19-7-5-18-6-8-19/h9-10,14,18,20H,3-8,11H2,1-2H3. The monoisotopic (exact) mass is 372 g/mol. The van der Waals surface area contributed by atoms with Gasteiger partial charge in [0.15, 0.2) is 11.5 Å². The largest absolute Gasteiger partial charge is 0.490 e. The van der Waals surface area contributed by atoms with Gasteiger partial charge >= 0.3 is 0 Å². The fraction of sp³-hybridized carbons (Fsp3) is 0.625. The molecule has 1 aliphatic rings. The first-order valence-electron chi connectivity index (χ1n) is 7.85. The van der Waals surface area contributed by atoms with Gasteiger partial charge in [0.1, 0.15) is 0 Å². The maximum atomic E-state index is 10.6. The Morgan fingerprint density at radius 3 is 2.36 bits per heavy atom. The Morgan fingerprint density at radius 1 is 1.18 bits per heavy atom. The van der Waals surface area contributed by atoms with Crippen molar-refractivity contribution < 1.29 is 14.6 Å². The van der Waals surface area contributed by atoms with Crippen LogP contribution in [0, 0.1) is 0 Å². The maximum absolute atomic E-state index is 10.6. The minimum Gasteiger partial charge on any atom is -0.490 e. The number of nitrogens with one attached hydrogen (secondary N) is 1. The molecule has 1 aliphatic heterocycles. The summed E-state index contributed by atoms with van der Waals surface area (Å²) < 4.78 is 12.1. The van der Waals surface area contributed by atoms with E-state index in [4.69, 9.17) is 9.47 Å². The molecule has 0 aliphatic carbocycles. The molecule has 5 nitrogen and oxygen atoms in total. The Morgan fingerprint density at radius 2 is 1.77 bits per heavy atom. The summed E-state index contributed by atoms with van der Waals surface area (Å²) in [6.07, 6.45) is -0.553. The molecule has 6 heteroatoms. The van der Waals surface area contributed by atoms with Crippen LogP contribution in [-0.4, -0.2) is 55.9 Å². The summed E-state index contributed by atoms with van der Waals surface area (Å²) in [6, 6.07) is 3.76. The van der Waals surface area contributed by atoms with Gasteiger partial charge in [-0.2, -0.15) is 0 Å². The summed E-state index contributed by atoms with van der Waals surface area (Å²) in [5, 5.41) is 13.9. The molecule has 0 spiro atoms. The molecule has 0 amide bonds. The zero-order valence-electron chi connectivity index (χ0n) is 13.3. The van der Waals surface area contributed by atoms with Crippen molar-refractivity contribution in [2.24, 2.45) is 0 Å². The van der Waals surface area contributed by atoms with Gasteiger partial charge in [0.2, 0.25) is 0 Å². The third kappa shape index (κ3) is 4.59. The van der Waals surface area contributed by atoms with Crippen LogP contribution >= 0.6 is 15.9 Å². The van der Waals surface area contributed by atoms with E-state index in [1.54, 1.807) is 0 Å². The van der Waals surface area contributed by atoms with Gasteiger partial charge in [0, 0.05) is 37.2 Å². The first-order valence-corrected chi connectivity index (χ1v) is 8.65. The predicted octanol–water partition coefficient (Wildman–Crippen LogP) is 2.19. The average molecular weight is 373 g/mol. The number of hydrogen-bond acceptors (Lipinski definition) is 5. The van der Waals surface area contributed by atoms with Crippen LogP contribution in [0.1, 0.15) is 25.5 Å². The van der Waals surface area contributed by atoms with Gasteiger partial charge in [0.25, 0.3) is 0 Å². The molecule has 1 fully saturated rings. The molecule has 2 N–H and O–H groups in total. The van der Waals surface area contributed by atoms with E-state index in [9.17, 15) is 5.11 Å². The van der Waals surface area contributed by atoms with Gasteiger partial charge in [-0.05, 0) is 31.5 Å². The summed E-state index contributed by atoms with van der Waals surface area (Å²) in [5.41, 5.74) is 0.838. The number of β-amino-alcohol motifs (C(OH)–C–C–N with tert-alkyl or cyclic N) is 1. The molecule has 1 heterocycles. The Labute approximate surface area is 140 Å². The molecular formula is C16H25BrN2O3. The highest BCUT2D eigenvalue weighted by molar-refractivity contribution is 9.10. The summed E-state index contributed by atoms with van der Waals surface area (Å²) in [6.45, 7) is 9.52. The van der Waals surface area contributed by atoms with Crippen LogP contribution in [0.5, 0.6) is 11.5 Å². The molecule has 1 saturated heterocycles. The number of hydrogen-bond donors (Lipinski definition) is 2. The smallest absolute Gasteiger partial charge is 0.162 e. The lowest BCUT2D eigenvalue weighted by Gasteiger charge is -2.29. The van der Waals surface area contributed by atoms with Gasteiger partial charge < -0.3 is 19.9 Å². The lowest BCUT2D eigenvalue weighted by molar-refractivity contribution is 0.105. The van der Waals surface area contributed by atoms with E-state index < -0.39 is 6.10 Å². The molecule has 1 aromatic rings. The second kappa shape index (κ2) is 8.72. The molecule has 0 bridgehead atoms. The number of ether oxygens (including phenoxy) is 2. The normalized spacial score (nSPS) is 17.3. The van der Waals surface area contributed by atoms with Crippen LogP contribution in [0.2, 0.25) is 0 Å². The summed E-state index contributed by atoms with van der Waals surface area (Å²) >= 11 is 3.54. The third-order valence-electron chi connectivity index (χ3n) is 3.66. The number of piperazine rings is 1. The molecule has 2 rings (SSSR count). The quantitative estimate of drug-likeness (QED) is 0.768. The Kier molecular flexibility index (Phi) is 6.95.